The summed E-state index contributed by atoms with van der Waals surface area (Å²) in [6.07, 6.45) is 0.697. The van der Waals surface area contributed by atoms with E-state index >= 15 is 0 Å². The lowest BCUT2D eigenvalue weighted by molar-refractivity contribution is -0.136. The number of hydrogen-bond acceptors (Lipinski definition) is 2. The van der Waals surface area contributed by atoms with Crippen LogP contribution in [0.25, 0.3) is 0 Å². The molecule has 0 radical (unpaired) electrons. The van der Waals surface area contributed by atoms with Gasteiger partial charge in [-0.3, -0.25) is 4.79 Å². The SMILES string of the molecule is Cc1ccc(CCC(=O)O)cc1N. The Bertz CT molecular complexity index is 321. The Balaban J connectivity index is 2.68. The number of nitrogens with two attached hydrogens (primary N) is 1. The van der Waals surface area contributed by atoms with E-state index < -0.39 is 5.97 Å². The van der Waals surface area contributed by atoms with Crippen molar-refractivity contribution in [1.29, 1.82) is 0 Å². The minimum atomic E-state index is -0.779. The molecule has 1 aromatic rings. The Morgan fingerprint density at radius 1 is 1.54 bits per heavy atom. The normalized spacial score (nSPS) is 9.92. The second-order valence-electron chi connectivity index (χ2n) is 3.08. The predicted molar refractivity (Wildman–Crippen MR) is 51.5 cm³/mol. The maximum atomic E-state index is 10.3. The highest BCUT2D eigenvalue weighted by Crippen LogP contribution is 2.13. The minimum absolute atomic E-state index is 0.155. The smallest absolute Gasteiger partial charge is 0.303 e. The number of hydrogen-bond donors (Lipinski definition) is 2. The number of carbonyl (C=O) groups is 1. The van der Waals surface area contributed by atoms with Gasteiger partial charge in [-0.2, -0.15) is 0 Å². The molecule has 3 nitrogen and oxygen atoms in total. The van der Waals surface area contributed by atoms with Gasteiger partial charge in [0.1, 0.15) is 0 Å². The average Bonchev–Trinajstić information content (AvgIpc) is 2.07. The van der Waals surface area contributed by atoms with Gasteiger partial charge in [0, 0.05) is 12.1 Å². The minimum Gasteiger partial charge on any atom is -0.481 e. The second kappa shape index (κ2) is 3.94. The molecule has 13 heavy (non-hydrogen) atoms. The molecule has 3 heteroatoms. The molecule has 1 aromatic carbocycles. The van der Waals surface area contributed by atoms with Crippen LogP contribution < -0.4 is 5.73 Å². The maximum absolute atomic E-state index is 10.3. The molecule has 0 bridgehead atoms. The largest absolute Gasteiger partial charge is 0.481 e. The summed E-state index contributed by atoms with van der Waals surface area (Å²) < 4.78 is 0. The van der Waals surface area contributed by atoms with E-state index in [2.05, 4.69) is 0 Å². The van der Waals surface area contributed by atoms with E-state index in [4.69, 9.17) is 10.8 Å². The lowest BCUT2D eigenvalue weighted by Crippen LogP contribution is -1.98. The molecule has 0 aliphatic rings. The topological polar surface area (TPSA) is 63.3 Å². The summed E-state index contributed by atoms with van der Waals surface area (Å²) in [5, 5.41) is 8.47. The van der Waals surface area contributed by atoms with Crippen molar-refractivity contribution < 1.29 is 9.90 Å². The average molecular weight is 179 g/mol. The number of carboxylic acids is 1. The number of aryl methyl sites for hydroxylation is 2. The number of anilines is 1. The van der Waals surface area contributed by atoms with E-state index in [1.165, 1.54) is 0 Å². The number of nitrogen functional groups attached to an aromatic ring is 1. The molecular weight excluding hydrogens is 166 g/mol. The summed E-state index contributed by atoms with van der Waals surface area (Å²) in [5.74, 6) is -0.779. The van der Waals surface area contributed by atoms with Crippen molar-refractivity contribution >= 4 is 11.7 Å². The van der Waals surface area contributed by atoms with Crippen LogP contribution in [0.2, 0.25) is 0 Å². The molecule has 0 saturated carbocycles. The van der Waals surface area contributed by atoms with Gasteiger partial charge in [0.15, 0.2) is 0 Å². The third kappa shape index (κ3) is 2.78. The fourth-order valence-electron chi connectivity index (χ4n) is 1.10. The Morgan fingerprint density at radius 2 is 2.23 bits per heavy atom. The molecule has 0 aliphatic carbocycles. The van der Waals surface area contributed by atoms with Crippen LogP contribution >= 0.6 is 0 Å². The van der Waals surface area contributed by atoms with E-state index in [9.17, 15) is 4.79 Å². The lowest BCUT2D eigenvalue weighted by atomic mass is 10.1. The first-order valence-electron chi connectivity index (χ1n) is 4.16. The van der Waals surface area contributed by atoms with Crippen LogP contribution in [0.4, 0.5) is 5.69 Å². The highest BCUT2D eigenvalue weighted by atomic mass is 16.4. The van der Waals surface area contributed by atoms with Gasteiger partial charge in [0.2, 0.25) is 0 Å². The molecule has 70 valence electrons. The third-order valence-electron chi connectivity index (χ3n) is 1.97. The van der Waals surface area contributed by atoms with Crippen molar-refractivity contribution in [2.45, 2.75) is 19.8 Å². The first-order chi connectivity index (χ1) is 6.09. The lowest BCUT2D eigenvalue weighted by Gasteiger charge is -2.03. The zero-order chi connectivity index (χ0) is 9.84. The van der Waals surface area contributed by atoms with Gasteiger partial charge in [-0.05, 0) is 30.5 Å². The summed E-state index contributed by atoms with van der Waals surface area (Å²) in [6.45, 7) is 1.93. The molecule has 0 spiro atoms. The Kier molecular flexibility index (Phi) is 2.90. The summed E-state index contributed by atoms with van der Waals surface area (Å²) >= 11 is 0. The van der Waals surface area contributed by atoms with Gasteiger partial charge in [-0.25, -0.2) is 0 Å². The van der Waals surface area contributed by atoms with Crippen molar-refractivity contribution in [1.82, 2.24) is 0 Å². The van der Waals surface area contributed by atoms with Crippen LogP contribution in [0.3, 0.4) is 0 Å². The van der Waals surface area contributed by atoms with Crippen LogP contribution in [0.5, 0.6) is 0 Å². The standard InChI is InChI=1S/C10H13NO2/c1-7-2-3-8(6-9(7)11)4-5-10(12)13/h2-3,6H,4-5,11H2,1H3,(H,12,13). The predicted octanol–water partition coefficient (Wildman–Crippen LogP) is 1.59. The fraction of sp³-hybridized carbons (Fsp3) is 0.300. The molecule has 0 fully saturated rings. The Hall–Kier alpha value is -1.51. The van der Waals surface area contributed by atoms with Crippen molar-refractivity contribution in [2.24, 2.45) is 0 Å². The number of benzene rings is 1. The Morgan fingerprint density at radius 3 is 2.77 bits per heavy atom. The van der Waals surface area contributed by atoms with Crippen molar-refractivity contribution in [3.63, 3.8) is 0 Å². The quantitative estimate of drug-likeness (QED) is 0.692. The molecule has 0 amide bonds. The van der Waals surface area contributed by atoms with Gasteiger partial charge < -0.3 is 10.8 Å². The summed E-state index contributed by atoms with van der Waals surface area (Å²) in [7, 11) is 0. The van der Waals surface area contributed by atoms with Crippen LogP contribution in [-0.4, -0.2) is 11.1 Å². The summed E-state index contributed by atoms with van der Waals surface area (Å²) in [6, 6.07) is 5.65. The monoisotopic (exact) mass is 179 g/mol. The van der Waals surface area contributed by atoms with Crippen LogP contribution in [0.15, 0.2) is 18.2 Å². The molecule has 0 atom stereocenters. The van der Waals surface area contributed by atoms with Crippen molar-refractivity contribution in [2.75, 3.05) is 5.73 Å². The molecule has 0 aromatic heterocycles. The maximum Gasteiger partial charge on any atom is 0.303 e. The molecule has 0 aliphatic heterocycles. The highest BCUT2D eigenvalue weighted by molar-refractivity contribution is 5.67. The van der Waals surface area contributed by atoms with Crippen LogP contribution in [0, 0.1) is 6.92 Å². The molecule has 1 rings (SSSR count). The van der Waals surface area contributed by atoms with Crippen LogP contribution in [-0.2, 0) is 11.2 Å². The highest BCUT2D eigenvalue weighted by Gasteiger charge is 2.00. The molecule has 0 saturated heterocycles. The number of rotatable bonds is 3. The molecule has 3 N–H and O–H groups in total. The molecule has 0 unspecified atom stereocenters. The van der Waals surface area contributed by atoms with E-state index in [0.29, 0.717) is 6.42 Å². The first kappa shape index (κ1) is 9.58. The Labute approximate surface area is 77.2 Å². The van der Waals surface area contributed by atoms with Crippen molar-refractivity contribution in [3.8, 4) is 0 Å². The van der Waals surface area contributed by atoms with E-state index in [0.717, 1.165) is 16.8 Å². The van der Waals surface area contributed by atoms with Crippen LogP contribution in [0.1, 0.15) is 17.5 Å². The van der Waals surface area contributed by atoms with Crippen molar-refractivity contribution in [3.05, 3.63) is 29.3 Å². The van der Waals surface area contributed by atoms with Gasteiger partial charge in [-0.15, -0.1) is 0 Å². The summed E-state index contributed by atoms with van der Waals surface area (Å²) in [5.41, 5.74) is 8.41. The number of carboxylic acid groups (broad SMARTS) is 1. The molecular formula is C10H13NO2. The third-order valence-corrected chi connectivity index (χ3v) is 1.97. The van der Waals surface area contributed by atoms with Gasteiger partial charge in [-0.1, -0.05) is 12.1 Å². The van der Waals surface area contributed by atoms with E-state index in [-0.39, 0.29) is 6.42 Å². The van der Waals surface area contributed by atoms with Gasteiger partial charge in [0.25, 0.3) is 0 Å². The fourth-order valence-corrected chi connectivity index (χ4v) is 1.10. The van der Waals surface area contributed by atoms with Gasteiger partial charge in [0.05, 0.1) is 0 Å². The van der Waals surface area contributed by atoms with E-state index in [1.807, 2.05) is 25.1 Å². The zero-order valence-electron chi connectivity index (χ0n) is 7.58. The molecule has 0 heterocycles. The first-order valence-corrected chi connectivity index (χ1v) is 4.16. The number of aliphatic carboxylic acids is 1. The van der Waals surface area contributed by atoms with Gasteiger partial charge >= 0.3 is 5.97 Å². The zero-order valence-corrected chi connectivity index (χ0v) is 7.58. The van der Waals surface area contributed by atoms with E-state index in [1.54, 1.807) is 0 Å². The summed E-state index contributed by atoms with van der Waals surface area (Å²) in [4.78, 5) is 10.3. The second-order valence-corrected chi connectivity index (χ2v) is 3.08.